The minimum Gasteiger partial charge on any atom is -0.474 e. The van der Waals surface area contributed by atoms with Crippen molar-refractivity contribution in [3.05, 3.63) is 35.9 Å². The van der Waals surface area contributed by atoms with Gasteiger partial charge in [-0.2, -0.15) is 0 Å². The first-order chi connectivity index (χ1) is 10.1. The summed E-state index contributed by atoms with van der Waals surface area (Å²) < 4.78 is 5.93. The minimum atomic E-state index is -0.473. The highest BCUT2D eigenvalue weighted by atomic mass is 16.5. The predicted molar refractivity (Wildman–Crippen MR) is 81.1 cm³/mol. The fraction of sp³-hybridized carbons (Fsp3) is 0.375. The van der Waals surface area contributed by atoms with Crippen molar-refractivity contribution in [2.45, 2.75) is 37.8 Å². The van der Waals surface area contributed by atoms with E-state index in [1.54, 1.807) is 6.07 Å². The zero-order valence-corrected chi connectivity index (χ0v) is 11.8. The quantitative estimate of drug-likeness (QED) is 0.902. The van der Waals surface area contributed by atoms with Gasteiger partial charge in [-0.05, 0) is 31.7 Å². The largest absolute Gasteiger partial charge is 0.474 e. The SMILES string of the molecule is NC(=O)c1cc(OC2CCCC(N)C2)nc2ccccc12. The maximum atomic E-state index is 11.6. The number of rotatable bonds is 3. The number of aromatic nitrogens is 1. The molecule has 2 unspecified atom stereocenters. The minimum absolute atomic E-state index is 0.0585. The lowest BCUT2D eigenvalue weighted by Gasteiger charge is -2.27. The lowest BCUT2D eigenvalue weighted by molar-refractivity contribution is 0.0999. The van der Waals surface area contributed by atoms with Crippen molar-refractivity contribution < 1.29 is 9.53 Å². The van der Waals surface area contributed by atoms with Crippen LogP contribution in [0.4, 0.5) is 0 Å². The van der Waals surface area contributed by atoms with Crippen LogP contribution in [0.25, 0.3) is 10.9 Å². The Morgan fingerprint density at radius 1 is 1.29 bits per heavy atom. The van der Waals surface area contributed by atoms with Crippen LogP contribution >= 0.6 is 0 Å². The molecular formula is C16H19N3O2. The Kier molecular flexibility index (Phi) is 3.75. The maximum Gasteiger partial charge on any atom is 0.249 e. The van der Waals surface area contributed by atoms with E-state index < -0.39 is 5.91 Å². The summed E-state index contributed by atoms with van der Waals surface area (Å²) in [5.41, 5.74) is 12.6. The zero-order chi connectivity index (χ0) is 14.8. The molecule has 1 aliphatic carbocycles. The first-order valence-electron chi connectivity index (χ1n) is 7.25. The number of fused-ring (bicyclic) bond motifs is 1. The summed E-state index contributed by atoms with van der Waals surface area (Å²) in [6.07, 6.45) is 3.94. The molecule has 0 bridgehead atoms. The summed E-state index contributed by atoms with van der Waals surface area (Å²) in [6, 6.07) is 9.23. The molecule has 0 radical (unpaired) electrons. The summed E-state index contributed by atoms with van der Waals surface area (Å²) in [5.74, 6) is -0.0274. The van der Waals surface area contributed by atoms with E-state index in [2.05, 4.69) is 4.98 Å². The van der Waals surface area contributed by atoms with Gasteiger partial charge in [-0.3, -0.25) is 4.79 Å². The summed E-state index contributed by atoms with van der Waals surface area (Å²) in [7, 11) is 0. The molecule has 0 spiro atoms. The van der Waals surface area contributed by atoms with Gasteiger partial charge < -0.3 is 16.2 Å². The van der Waals surface area contributed by atoms with E-state index in [0.29, 0.717) is 17.0 Å². The fourth-order valence-electron chi connectivity index (χ4n) is 2.87. The van der Waals surface area contributed by atoms with E-state index >= 15 is 0 Å². The Morgan fingerprint density at radius 3 is 2.86 bits per heavy atom. The number of ether oxygens (including phenoxy) is 1. The zero-order valence-electron chi connectivity index (χ0n) is 11.8. The standard InChI is InChI=1S/C16H19N3O2/c17-10-4-3-5-11(8-10)21-15-9-13(16(18)20)12-6-1-2-7-14(12)19-15/h1-2,6-7,9-11H,3-5,8,17H2,(H2,18,20). The second-order valence-electron chi connectivity index (χ2n) is 5.56. The molecule has 1 saturated carbocycles. The van der Waals surface area contributed by atoms with Crippen LogP contribution in [0.1, 0.15) is 36.0 Å². The number of primary amides is 1. The number of nitrogens with zero attached hydrogens (tertiary/aromatic N) is 1. The molecule has 2 aromatic rings. The number of benzene rings is 1. The summed E-state index contributed by atoms with van der Waals surface area (Å²) >= 11 is 0. The number of amides is 1. The van der Waals surface area contributed by atoms with Gasteiger partial charge in [-0.25, -0.2) is 4.98 Å². The van der Waals surface area contributed by atoms with Crippen LogP contribution in [0.2, 0.25) is 0 Å². The van der Waals surface area contributed by atoms with Crippen LogP contribution in [0.5, 0.6) is 5.88 Å². The van der Waals surface area contributed by atoms with Crippen molar-refractivity contribution >= 4 is 16.8 Å². The van der Waals surface area contributed by atoms with Crippen molar-refractivity contribution in [3.63, 3.8) is 0 Å². The van der Waals surface area contributed by atoms with Gasteiger partial charge >= 0.3 is 0 Å². The van der Waals surface area contributed by atoms with E-state index in [1.807, 2.05) is 24.3 Å². The molecule has 1 amide bonds. The normalized spacial score (nSPS) is 22.1. The maximum absolute atomic E-state index is 11.6. The van der Waals surface area contributed by atoms with Gasteiger partial charge in [0.1, 0.15) is 6.10 Å². The third kappa shape index (κ3) is 2.97. The first-order valence-corrected chi connectivity index (χ1v) is 7.25. The Balaban J connectivity index is 1.93. The van der Waals surface area contributed by atoms with Gasteiger partial charge in [0.2, 0.25) is 11.8 Å². The first kappa shape index (κ1) is 13.8. The molecule has 1 fully saturated rings. The average Bonchev–Trinajstić information content (AvgIpc) is 2.46. The van der Waals surface area contributed by atoms with Crippen molar-refractivity contribution in [1.29, 1.82) is 0 Å². The Hall–Kier alpha value is -2.14. The Labute approximate surface area is 123 Å². The Morgan fingerprint density at radius 2 is 2.10 bits per heavy atom. The molecular weight excluding hydrogens is 266 g/mol. The lowest BCUT2D eigenvalue weighted by Crippen LogP contribution is -2.33. The summed E-state index contributed by atoms with van der Waals surface area (Å²) in [6.45, 7) is 0. The molecule has 4 N–H and O–H groups in total. The highest BCUT2D eigenvalue weighted by Crippen LogP contribution is 2.26. The molecule has 1 aromatic carbocycles. The second-order valence-corrected chi connectivity index (χ2v) is 5.56. The van der Waals surface area contributed by atoms with Gasteiger partial charge in [0.05, 0.1) is 11.1 Å². The van der Waals surface area contributed by atoms with Crippen LogP contribution in [-0.4, -0.2) is 23.0 Å². The van der Waals surface area contributed by atoms with E-state index in [0.717, 1.165) is 31.1 Å². The molecule has 1 aromatic heterocycles. The third-order valence-electron chi connectivity index (χ3n) is 3.91. The van der Waals surface area contributed by atoms with Crippen LogP contribution in [0, 0.1) is 0 Å². The van der Waals surface area contributed by atoms with Crippen LogP contribution in [-0.2, 0) is 0 Å². The predicted octanol–water partition coefficient (Wildman–Crippen LogP) is 1.98. The van der Waals surface area contributed by atoms with Crippen molar-refractivity contribution in [1.82, 2.24) is 4.98 Å². The molecule has 1 heterocycles. The van der Waals surface area contributed by atoms with Gasteiger partial charge in [-0.15, -0.1) is 0 Å². The monoisotopic (exact) mass is 285 g/mol. The van der Waals surface area contributed by atoms with Gasteiger partial charge in [-0.1, -0.05) is 18.2 Å². The number of para-hydroxylation sites is 1. The molecule has 5 heteroatoms. The molecule has 0 saturated heterocycles. The Bertz CT molecular complexity index is 672. The number of carbonyl (C=O) groups is 1. The third-order valence-corrected chi connectivity index (χ3v) is 3.91. The number of pyridine rings is 1. The van der Waals surface area contributed by atoms with Crippen molar-refractivity contribution in [2.75, 3.05) is 0 Å². The molecule has 0 aliphatic heterocycles. The molecule has 21 heavy (non-hydrogen) atoms. The van der Waals surface area contributed by atoms with E-state index in [1.165, 1.54) is 0 Å². The van der Waals surface area contributed by atoms with Crippen LogP contribution in [0.3, 0.4) is 0 Å². The van der Waals surface area contributed by atoms with E-state index in [9.17, 15) is 4.79 Å². The highest BCUT2D eigenvalue weighted by molar-refractivity contribution is 6.05. The van der Waals surface area contributed by atoms with E-state index in [-0.39, 0.29) is 12.1 Å². The fourth-order valence-corrected chi connectivity index (χ4v) is 2.87. The summed E-state index contributed by atoms with van der Waals surface area (Å²) in [5, 5.41) is 0.748. The second kappa shape index (κ2) is 5.69. The molecule has 3 rings (SSSR count). The summed E-state index contributed by atoms with van der Waals surface area (Å²) in [4.78, 5) is 16.1. The average molecular weight is 285 g/mol. The van der Waals surface area contributed by atoms with E-state index in [4.69, 9.17) is 16.2 Å². The number of carbonyl (C=O) groups excluding carboxylic acids is 1. The van der Waals surface area contributed by atoms with Crippen molar-refractivity contribution in [2.24, 2.45) is 11.5 Å². The molecule has 1 aliphatic rings. The van der Waals surface area contributed by atoms with Gasteiger partial charge in [0, 0.05) is 17.5 Å². The van der Waals surface area contributed by atoms with Crippen LogP contribution in [0.15, 0.2) is 30.3 Å². The topological polar surface area (TPSA) is 91.2 Å². The molecule has 110 valence electrons. The lowest BCUT2D eigenvalue weighted by atomic mass is 9.93. The van der Waals surface area contributed by atoms with Gasteiger partial charge in [0.25, 0.3) is 0 Å². The van der Waals surface area contributed by atoms with Crippen molar-refractivity contribution in [3.8, 4) is 5.88 Å². The van der Waals surface area contributed by atoms with Gasteiger partial charge in [0.15, 0.2) is 0 Å². The molecule has 5 nitrogen and oxygen atoms in total. The number of hydrogen-bond donors (Lipinski definition) is 2. The van der Waals surface area contributed by atoms with Crippen LogP contribution < -0.4 is 16.2 Å². The highest BCUT2D eigenvalue weighted by Gasteiger charge is 2.21. The molecule has 2 atom stereocenters. The number of nitrogens with two attached hydrogens (primary N) is 2. The smallest absolute Gasteiger partial charge is 0.249 e. The number of hydrogen-bond acceptors (Lipinski definition) is 4.